The highest BCUT2D eigenvalue weighted by molar-refractivity contribution is 6.31. The van der Waals surface area contributed by atoms with Crippen LogP contribution >= 0.6 is 23.2 Å². The zero-order chi connectivity index (χ0) is 20.4. The van der Waals surface area contributed by atoms with Crippen LogP contribution in [0.5, 0.6) is 5.75 Å². The molecule has 154 valence electrons. The van der Waals surface area contributed by atoms with Crippen LogP contribution in [0.2, 0.25) is 10.0 Å². The Morgan fingerprint density at radius 3 is 2.38 bits per heavy atom. The van der Waals surface area contributed by atoms with Gasteiger partial charge in [-0.3, -0.25) is 9.69 Å². The Labute approximate surface area is 180 Å². The third kappa shape index (κ3) is 4.52. The number of carbonyl (C=O) groups is 1. The smallest absolute Gasteiger partial charge is 0.257 e. The summed E-state index contributed by atoms with van der Waals surface area (Å²) in [6.45, 7) is 2.98. The summed E-state index contributed by atoms with van der Waals surface area (Å²) in [5, 5.41) is 1.30. The monoisotopic (exact) mass is 434 g/mol. The number of methoxy groups -OCH3 is 1. The molecule has 2 N–H and O–H groups in total. The van der Waals surface area contributed by atoms with Gasteiger partial charge in [-0.25, -0.2) is 10.9 Å². The van der Waals surface area contributed by atoms with E-state index < -0.39 is 0 Å². The molecule has 2 fully saturated rings. The summed E-state index contributed by atoms with van der Waals surface area (Å²) in [6.07, 6.45) is 1.19. The van der Waals surface area contributed by atoms with Crippen LogP contribution in [0, 0.1) is 0 Å². The van der Waals surface area contributed by atoms with Crippen molar-refractivity contribution in [1.29, 1.82) is 0 Å². The summed E-state index contributed by atoms with van der Waals surface area (Å²) in [4.78, 5) is 17.2. The van der Waals surface area contributed by atoms with E-state index in [1.165, 1.54) is 5.56 Å². The molecule has 29 heavy (non-hydrogen) atoms. The summed E-state index contributed by atoms with van der Waals surface area (Å²) >= 11 is 12.0. The van der Waals surface area contributed by atoms with Gasteiger partial charge in [0.15, 0.2) is 0 Å². The second kappa shape index (κ2) is 8.90. The van der Waals surface area contributed by atoms with Crippen molar-refractivity contribution in [2.75, 3.05) is 33.3 Å². The molecule has 2 aliphatic heterocycles. The van der Waals surface area contributed by atoms with Gasteiger partial charge in [-0.05, 0) is 42.3 Å². The van der Waals surface area contributed by atoms with Crippen LogP contribution in [0.15, 0.2) is 42.5 Å². The number of benzene rings is 2. The van der Waals surface area contributed by atoms with Gasteiger partial charge >= 0.3 is 0 Å². The summed E-state index contributed by atoms with van der Waals surface area (Å²) in [7, 11) is 1.55. The highest BCUT2D eigenvalue weighted by Crippen LogP contribution is 2.27. The lowest BCUT2D eigenvalue weighted by Gasteiger charge is -2.37. The van der Waals surface area contributed by atoms with Crippen molar-refractivity contribution in [1.82, 2.24) is 20.7 Å². The molecule has 0 radical (unpaired) electrons. The molecule has 4 rings (SSSR count). The van der Waals surface area contributed by atoms with Crippen molar-refractivity contribution in [2.45, 2.75) is 18.6 Å². The highest BCUT2D eigenvalue weighted by Gasteiger charge is 2.32. The Hall–Kier alpha value is -1.83. The van der Waals surface area contributed by atoms with E-state index in [4.69, 9.17) is 27.9 Å². The van der Waals surface area contributed by atoms with Gasteiger partial charge in [-0.1, -0.05) is 35.3 Å². The van der Waals surface area contributed by atoms with Crippen LogP contribution in [0.1, 0.15) is 28.4 Å². The van der Waals surface area contributed by atoms with Gasteiger partial charge in [-0.2, -0.15) is 0 Å². The number of rotatable bonds is 4. The van der Waals surface area contributed by atoms with Crippen LogP contribution in [-0.2, 0) is 0 Å². The molecule has 1 amide bonds. The minimum atomic E-state index is -0.0188. The summed E-state index contributed by atoms with van der Waals surface area (Å²) in [5.74, 6) is 0.493. The predicted molar refractivity (Wildman–Crippen MR) is 114 cm³/mol. The van der Waals surface area contributed by atoms with Gasteiger partial charge in [0.2, 0.25) is 0 Å². The van der Waals surface area contributed by atoms with E-state index in [9.17, 15) is 4.79 Å². The van der Waals surface area contributed by atoms with Crippen LogP contribution in [0.3, 0.4) is 0 Å². The Morgan fingerprint density at radius 1 is 1.00 bits per heavy atom. The molecule has 2 unspecified atom stereocenters. The summed E-state index contributed by atoms with van der Waals surface area (Å²) in [5.41, 5.74) is 8.54. The third-order valence-corrected chi connectivity index (χ3v) is 6.08. The lowest BCUT2D eigenvalue weighted by Crippen LogP contribution is -2.55. The van der Waals surface area contributed by atoms with Crippen molar-refractivity contribution < 1.29 is 9.53 Å². The molecule has 0 aliphatic carbocycles. The largest absolute Gasteiger partial charge is 0.496 e. The van der Waals surface area contributed by atoms with Crippen LogP contribution in [0.4, 0.5) is 0 Å². The molecule has 2 aromatic rings. The number of carbonyl (C=O) groups excluding carboxylic acids is 1. The third-order valence-electron chi connectivity index (χ3n) is 5.59. The van der Waals surface area contributed by atoms with E-state index in [1.54, 1.807) is 25.3 Å². The zero-order valence-corrected chi connectivity index (χ0v) is 17.7. The highest BCUT2D eigenvalue weighted by atomic mass is 35.5. The molecule has 0 bridgehead atoms. The quantitative estimate of drug-likeness (QED) is 0.772. The average molecular weight is 435 g/mol. The van der Waals surface area contributed by atoms with E-state index in [2.05, 4.69) is 27.9 Å². The Morgan fingerprint density at radius 2 is 1.69 bits per heavy atom. The molecule has 0 saturated carbocycles. The molecule has 6 nitrogen and oxygen atoms in total. The summed E-state index contributed by atoms with van der Waals surface area (Å²) < 4.78 is 5.33. The number of nitrogens with one attached hydrogen (secondary N) is 2. The molecule has 2 aliphatic rings. The number of halogens is 2. The maximum absolute atomic E-state index is 12.9. The molecule has 0 spiro atoms. The van der Waals surface area contributed by atoms with E-state index >= 15 is 0 Å². The van der Waals surface area contributed by atoms with E-state index in [0.717, 1.165) is 24.5 Å². The molecule has 2 saturated heterocycles. The van der Waals surface area contributed by atoms with Gasteiger partial charge in [0, 0.05) is 42.3 Å². The van der Waals surface area contributed by atoms with Crippen molar-refractivity contribution in [3.05, 3.63) is 63.6 Å². The normalized spacial score (nSPS) is 22.7. The van der Waals surface area contributed by atoms with Gasteiger partial charge in [0.1, 0.15) is 5.75 Å². The summed E-state index contributed by atoms with van der Waals surface area (Å²) in [6, 6.07) is 13.3. The molecule has 2 heterocycles. The lowest BCUT2D eigenvalue weighted by atomic mass is 10.0. The predicted octanol–water partition coefficient (Wildman–Crippen LogP) is 3.33. The molecular weight excluding hydrogens is 411 g/mol. The van der Waals surface area contributed by atoms with Crippen molar-refractivity contribution >= 4 is 29.1 Å². The Balaban J connectivity index is 1.34. The lowest BCUT2D eigenvalue weighted by molar-refractivity contribution is 0.0542. The van der Waals surface area contributed by atoms with Crippen molar-refractivity contribution in [2.24, 2.45) is 0 Å². The standard InChI is InChI=1S/C21H24Cl2N4O2/c1-29-19-12-16(23)6-7-17(19)21(28)27-10-8-26(9-11-27)20-13-18(24-25-20)14-2-4-15(22)5-3-14/h2-7,12,18,20,24-25H,8-11,13H2,1H3. The molecule has 2 aromatic carbocycles. The minimum absolute atomic E-state index is 0.0188. The SMILES string of the molecule is COc1cc(Cl)ccc1C(=O)N1CCN(C2CC(c3ccc(Cl)cc3)NN2)CC1. The fraction of sp³-hybridized carbons (Fsp3) is 0.381. The number of amides is 1. The number of hydrogen-bond acceptors (Lipinski definition) is 5. The van der Waals surface area contributed by atoms with Crippen LogP contribution in [-0.4, -0.2) is 55.2 Å². The second-order valence-corrected chi connectivity index (χ2v) is 8.19. The number of piperazine rings is 1. The van der Waals surface area contributed by atoms with Gasteiger partial charge in [0.25, 0.3) is 5.91 Å². The maximum Gasteiger partial charge on any atom is 0.257 e. The molecule has 8 heteroatoms. The van der Waals surface area contributed by atoms with Gasteiger partial charge in [-0.15, -0.1) is 0 Å². The Kier molecular flexibility index (Phi) is 6.27. The van der Waals surface area contributed by atoms with Crippen molar-refractivity contribution in [3.63, 3.8) is 0 Å². The minimum Gasteiger partial charge on any atom is -0.496 e. The average Bonchev–Trinajstić information content (AvgIpc) is 3.24. The number of nitrogens with zero attached hydrogens (tertiary/aromatic N) is 2. The van der Waals surface area contributed by atoms with Gasteiger partial charge < -0.3 is 9.64 Å². The van der Waals surface area contributed by atoms with Crippen LogP contribution < -0.4 is 15.6 Å². The topological polar surface area (TPSA) is 56.8 Å². The zero-order valence-electron chi connectivity index (χ0n) is 16.2. The first kappa shape index (κ1) is 20.4. The Bertz CT molecular complexity index is 869. The van der Waals surface area contributed by atoms with E-state index in [1.807, 2.05) is 17.0 Å². The second-order valence-electron chi connectivity index (χ2n) is 7.32. The van der Waals surface area contributed by atoms with E-state index in [-0.39, 0.29) is 18.1 Å². The first-order valence-corrected chi connectivity index (χ1v) is 10.4. The van der Waals surface area contributed by atoms with Crippen LogP contribution in [0.25, 0.3) is 0 Å². The number of hydrogen-bond donors (Lipinski definition) is 2. The molecule has 2 atom stereocenters. The van der Waals surface area contributed by atoms with E-state index in [0.29, 0.717) is 29.4 Å². The fourth-order valence-electron chi connectivity index (χ4n) is 3.94. The van der Waals surface area contributed by atoms with Crippen molar-refractivity contribution in [3.8, 4) is 5.75 Å². The maximum atomic E-state index is 12.9. The first-order valence-electron chi connectivity index (χ1n) is 9.68. The molecular formula is C21H24Cl2N4O2. The fourth-order valence-corrected chi connectivity index (χ4v) is 4.23. The molecule has 0 aromatic heterocycles. The number of ether oxygens (including phenoxy) is 1. The first-order chi connectivity index (χ1) is 14.0. The van der Waals surface area contributed by atoms with Gasteiger partial charge in [0.05, 0.1) is 18.8 Å². The number of hydrazine groups is 1.